The molecule has 142 valence electrons. The highest BCUT2D eigenvalue weighted by Crippen LogP contribution is 2.32. The molecule has 0 amide bonds. The Labute approximate surface area is 156 Å². The number of halogens is 1. The smallest absolute Gasteiger partial charge is 0.226 e. The van der Waals surface area contributed by atoms with Crippen molar-refractivity contribution in [1.29, 1.82) is 0 Å². The Morgan fingerprint density at radius 1 is 1.23 bits per heavy atom. The molecule has 8 nitrogen and oxygen atoms in total. The van der Waals surface area contributed by atoms with Gasteiger partial charge in [0.1, 0.15) is 12.3 Å². The van der Waals surface area contributed by atoms with E-state index in [0.717, 1.165) is 12.8 Å². The van der Waals surface area contributed by atoms with Gasteiger partial charge >= 0.3 is 0 Å². The number of nitrogens with one attached hydrogen (secondary N) is 1. The van der Waals surface area contributed by atoms with E-state index in [4.69, 9.17) is 16.3 Å². The fourth-order valence-electron chi connectivity index (χ4n) is 3.87. The number of anilines is 1. The number of hydrogen-bond acceptors (Lipinski definition) is 7. The Morgan fingerprint density at radius 3 is 2.69 bits per heavy atom. The second-order valence-corrected chi connectivity index (χ2v) is 7.45. The van der Waals surface area contributed by atoms with Crippen LogP contribution in [-0.4, -0.2) is 54.6 Å². The van der Waals surface area contributed by atoms with Crippen LogP contribution in [0.5, 0.6) is 0 Å². The third-order valence-electron chi connectivity index (χ3n) is 5.28. The monoisotopic (exact) mass is 381 g/mol. The van der Waals surface area contributed by atoms with Crippen molar-refractivity contribution in [3.63, 3.8) is 0 Å². The van der Waals surface area contributed by atoms with Crippen molar-refractivity contribution < 1.29 is 14.9 Å². The maximum Gasteiger partial charge on any atom is 0.226 e. The minimum absolute atomic E-state index is 0.146. The van der Waals surface area contributed by atoms with Gasteiger partial charge in [0, 0.05) is 12.5 Å². The first-order valence-corrected chi connectivity index (χ1v) is 9.64. The standard InChI is InChI=1S/C17H24ClN5O3/c18-17-21-15(20-10-5-3-1-2-4-6-10)14-16(22-17)23(9-19-14)13-7-11(25)12(8-24)26-13/h9-13,24-25H,1-8H2,(H,20,21,22)/t11?,12-,13-/m1/s1. The molecule has 1 saturated carbocycles. The summed E-state index contributed by atoms with van der Waals surface area (Å²) in [5.41, 5.74) is 1.21. The lowest BCUT2D eigenvalue weighted by molar-refractivity contribution is -0.0432. The average Bonchev–Trinajstić information content (AvgIpc) is 3.10. The number of aliphatic hydroxyl groups excluding tert-OH is 2. The van der Waals surface area contributed by atoms with Crippen LogP contribution in [0.25, 0.3) is 11.2 Å². The molecule has 3 atom stereocenters. The van der Waals surface area contributed by atoms with E-state index < -0.39 is 18.4 Å². The molecule has 0 aromatic carbocycles. The second-order valence-electron chi connectivity index (χ2n) is 7.11. The maximum atomic E-state index is 9.99. The van der Waals surface area contributed by atoms with Crippen LogP contribution in [0, 0.1) is 0 Å². The number of nitrogens with zero attached hydrogens (tertiary/aromatic N) is 4. The van der Waals surface area contributed by atoms with Crippen molar-refractivity contribution in [2.75, 3.05) is 11.9 Å². The number of rotatable bonds is 4. The van der Waals surface area contributed by atoms with Crippen molar-refractivity contribution in [1.82, 2.24) is 19.5 Å². The summed E-state index contributed by atoms with van der Waals surface area (Å²) in [6.07, 6.45) is 7.44. The Balaban J connectivity index is 1.63. The minimum Gasteiger partial charge on any atom is -0.394 e. The largest absolute Gasteiger partial charge is 0.394 e. The first-order valence-electron chi connectivity index (χ1n) is 9.26. The molecule has 2 aromatic heterocycles. The molecule has 1 saturated heterocycles. The first-order chi connectivity index (χ1) is 12.7. The second kappa shape index (κ2) is 7.64. The lowest BCUT2D eigenvalue weighted by Gasteiger charge is -2.17. The number of imidazole rings is 1. The van der Waals surface area contributed by atoms with Crippen molar-refractivity contribution in [2.24, 2.45) is 0 Å². The Bertz CT molecular complexity index is 762. The lowest BCUT2D eigenvalue weighted by atomic mass is 10.1. The predicted molar refractivity (Wildman–Crippen MR) is 97.1 cm³/mol. The average molecular weight is 382 g/mol. The number of aliphatic hydroxyl groups is 2. The van der Waals surface area contributed by atoms with E-state index in [2.05, 4.69) is 20.3 Å². The topological polar surface area (TPSA) is 105 Å². The molecule has 1 aliphatic heterocycles. The molecule has 1 unspecified atom stereocenters. The van der Waals surface area contributed by atoms with Crippen molar-refractivity contribution in [3.8, 4) is 0 Å². The van der Waals surface area contributed by atoms with Gasteiger partial charge in [0.25, 0.3) is 0 Å². The Kier molecular flexibility index (Phi) is 5.26. The molecular formula is C17H24ClN5O3. The molecule has 1 aliphatic carbocycles. The molecule has 0 spiro atoms. The van der Waals surface area contributed by atoms with Crippen molar-refractivity contribution in [3.05, 3.63) is 11.6 Å². The van der Waals surface area contributed by atoms with Gasteiger partial charge in [-0.25, -0.2) is 4.98 Å². The van der Waals surface area contributed by atoms with Crippen molar-refractivity contribution >= 4 is 28.6 Å². The van der Waals surface area contributed by atoms with E-state index in [1.54, 1.807) is 10.9 Å². The molecule has 9 heteroatoms. The van der Waals surface area contributed by atoms with E-state index in [1.807, 2.05) is 0 Å². The van der Waals surface area contributed by atoms with Crippen LogP contribution in [0.2, 0.25) is 5.28 Å². The van der Waals surface area contributed by atoms with Gasteiger partial charge in [0.05, 0.1) is 19.0 Å². The molecular weight excluding hydrogens is 358 g/mol. The minimum atomic E-state index is -0.719. The summed E-state index contributed by atoms with van der Waals surface area (Å²) < 4.78 is 7.47. The predicted octanol–water partition coefficient (Wildman–Crippen LogP) is 2.26. The summed E-state index contributed by atoms with van der Waals surface area (Å²) in [5.74, 6) is 0.642. The quantitative estimate of drug-likeness (QED) is 0.551. The normalized spacial score (nSPS) is 27.7. The molecule has 2 fully saturated rings. The third kappa shape index (κ3) is 3.51. The molecule has 3 N–H and O–H groups in total. The Hall–Kier alpha value is -1.48. The summed E-state index contributed by atoms with van der Waals surface area (Å²) in [6.45, 7) is -0.228. The highest BCUT2D eigenvalue weighted by molar-refractivity contribution is 6.28. The summed E-state index contributed by atoms with van der Waals surface area (Å²) in [4.78, 5) is 13.1. The molecule has 3 heterocycles. The van der Waals surface area contributed by atoms with E-state index in [-0.39, 0.29) is 11.9 Å². The zero-order chi connectivity index (χ0) is 18.1. The SMILES string of the molecule is OC[C@H]1O[C@@H](n2cnc3c(NC4CCCCCC4)nc(Cl)nc32)CC1O. The van der Waals surface area contributed by atoms with Crippen LogP contribution in [-0.2, 0) is 4.74 Å². The molecule has 0 bridgehead atoms. The van der Waals surface area contributed by atoms with Crippen LogP contribution < -0.4 is 5.32 Å². The molecule has 26 heavy (non-hydrogen) atoms. The number of hydrogen-bond donors (Lipinski definition) is 3. The van der Waals surface area contributed by atoms with Gasteiger partial charge in [0.2, 0.25) is 5.28 Å². The van der Waals surface area contributed by atoms with Crippen molar-refractivity contribution in [2.45, 2.75) is 69.4 Å². The van der Waals surface area contributed by atoms with Gasteiger partial charge < -0.3 is 20.3 Å². The van der Waals surface area contributed by atoms with Crippen LogP contribution >= 0.6 is 11.6 Å². The molecule has 2 aliphatic rings. The summed E-state index contributed by atoms with van der Waals surface area (Å²) in [6, 6.07) is 0.361. The Morgan fingerprint density at radius 2 is 2.00 bits per heavy atom. The highest BCUT2D eigenvalue weighted by Gasteiger charge is 2.35. The van der Waals surface area contributed by atoms with E-state index in [1.165, 1.54) is 25.7 Å². The van der Waals surface area contributed by atoms with Gasteiger partial charge in [-0.05, 0) is 24.4 Å². The van der Waals surface area contributed by atoms with Gasteiger partial charge in [-0.2, -0.15) is 9.97 Å². The number of ether oxygens (including phenoxy) is 1. The first kappa shape index (κ1) is 17.9. The highest BCUT2D eigenvalue weighted by atomic mass is 35.5. The van der Waals surface area contributed by atoms with Crippen LogP contribution in [0.15, 0.2) is 6.33 Å². The van der Waals surface area contributed by atoms with E-state index in [9.17, 15) is 10.2 Å². The van der Waals surface area contributed by atoms with Crippen LogP contribution in [0.4, 0.5) is 5.82 Å². The summed E-state index contributed by atoms with van der Waals surface area (Å²) in [5, 5.41) is 22.9. The van der Waals surface area contributed by atoms with E-state index >= 15 is 0 Å². The van der Waals surface area contributed by atoms with Gasteiger partial charge in [0.15, 0.2) is 17.0 Å². The summed E-state index contributed by atoms with van der Waals surface area (Å²) in [7, 11) is 0. The number of fused-ring (bicyclic) bond motifs is 1. The molecule has 0 radical (unpaired) electrons. The van der Waals surface area contributed by atoms with Gasteiger partial charge in [-0.15, -0.1) is 0 Å². The van der Waals surface area contributed by atoms with Crippen LogP contribution in [0.1, 0.15) is 51.2 Å². The van der Waals surface area contributed by atoms with E-state index in [0.29, 0.717) is 29.4 Å². The molecule has 4 rings (SSSR count). The number of aromatic nitrogens is 4. The fraction of sp³-hybridized carbons (Fsp3) is 0.706. The van der Waals surface area contributed by atoms with Crippen LogP contribution in [0.3, 0.4) is 0 Å². The molecule has 2 aromatic rings. The third-order valence-corrected chi connectivity index (χ3v) is 5.45. The zero-order valence-electron chi connectivity index (χ0n) is 14.5. The summed E-state index contributed by atoms with van der Waals surface area (Å²) >= 11 is 6.16. The maximum absolute atomic E-state index is 9.99. The fourth-order valence-corrected chi connectivity index (χ4v) is 4.03. The lowest BCUT2D eigenvalue weighted by Crippen LogP contribution is -2.24. The zero-order valence-corrected chi connectivity index (χ0v) is 15.3. The van der Waals surface area contributed by atoms with Gasteiger partial charge in [-0.3, -0.25) is 4.57 Å². The van der Waals surface area contributed by atoms with Gasteiger partial charge in [-0.1, -0.05) is 25.7 Å².